The number of hydrogen-bond acceptors (Lipinski definition) is 4. The van der Waals surface area contributed by atoms with Crippen molar-refractivity contribution in [3.63, 3.8) is 0 Å². The second-order valence-corrected chi connectivity index (χ2v) is 4.72. The van der Waals surface area contributed by atoms with Gasteiger partial charge in [-0.2, -0.15) is 9.50 Å². The highest BCUT2D eigenvalue weighted by molar-refractivity contribution is 5.38. The Morgan fingerprint density at radius 2 is 2.05 bits per heavy atom. The van der Waals surface area contributed by atoms with Crippen molar-refractivity contribution in [3.8, 4) is 0 Å². The molecule has 0 aliphatic carbocycles. The van der Waals surface area contributed by atoms with Crippen LogP contribution in [0.3, 0.4) is 0 Å². The maximum absolute atomic E-state index is 11.8. The van der Waals surface area contributed by atoms with Crippen molar-refractivity contribution >= 4 is 11.7 Å². The van der Waals surface area contributed by atoms with Crippen molar-refractivity contribution in [3.05, 3.63) is 57.5 Å². The molecule has 0 amide bonds. The van der Waals surface area contributed by atoms with E-state index in [0.29, 0.717) is 24.0 Å². The molecule has 2 N–H and O–H groups in total. The molecular weight excluding hydrogens is 254 g/mol. The standard InChI is InChI=1S/C14H15N5O/c1-9-5-3-4-6-11(9)8-15-13-17-14-16-10(2)7-12(20)19(14)18-13/h3-7H,8H2,1-2H3,(H2,15,16,17,18). The van der Waals surface area contributed by atoms with E-state index in [2.05, 4.69) is 39.4 Å². The van der Waals surface area contributed by atoms with Crippen LogP contribution in [0.4, 0.5) is 5.95 Å². The zero-order valence-corrected chi connectivity index (χ0v) is 11.3. The van der Waals surface area contributed by atoms with E-state index < -0.39 is 0 Å². The number of H-pyrrole nitrogens is 1. The summed E-state index contributed by atoms with van der Waals surface area (Å²) in [5, 5.41) is 6.07. The second kappa shape index (κ2) is 4.80. The molecule has 3 aromatic rings. The van der Waals surface area contributed by atoms with Crippen molar-refractivity contribution in [2.45, 2.75) is 20.4 Å². The minimum Gasteiger partial charge on any atom is -0.351 e. The molecule has 0 aliphatic heterocycles. The van der Waals surface area contributed by atoms with Gasteiger partial charge in [-0.05, 0) is 25.0 Å². The molecule has 102 valence electrons. The Bertz CT molecular complexity index is 818. The molecule has 0 bridgehead atoms. The van der Waals surface area contributed by atoms with Crippen LogP contribution in [0.15, 0.2) is 35.1 Å². The predicted molar refractivity (Wildman–Crippen MR) is 76.9 cm³/mol. The third-order valence-electron chi connectivity index (χ3n) is 3.17. The molecule has 1 aromatic carbocycles. The molecule has 20 heavy (non-hydrogen) atoms. The number of benzene rings is 1. The van der Waals surface area contributed by atoms with Gasteiger partial charge in [0, 0.05) is 18.3 Å². The Labute approximate surface area is 115 Å². The monoisotopic (exact) mass is 269 g/mol. The lowest BCUT2D eigenvalue weighted by Gasteiger charge is -2.05. The number of aromatic nitrogens is 4. The SMILES string of the molecule is Cc1cc(=O)n2[nH]c(NCc3ccccc3C)nc2n1. The zero-order chi connectivity index (χ0) is 14.1. The van der Waals surface area contributed by atoms with Gasteiger partial charge in [0.05, 0.1) is 0 Å². The van der Waals surface area contributed by atoms with E-state index in [-0.39, 0.29) is 5.56 Å². The highest BCUT2D eigenvalue weighted by Crippen LogP contribution is 2.09. The number of aryl methyl sites for hydroxylation is 2. The van der Waals surface area contributed by atoms with Gasteiger partial charge in [0.1, 0.15) is 0 Å². The lowest BCUT2D eigenvalue weighted by atomic mass is 10.1. The first-order valence-corrected chi connectivity index (χ1v) is 6.38. The Morgan fingerprint density at radius 3 is 2.85 bits per heavy atom. The molecule has 0 saturated carbocycles. The van der Waals surface area contributed by atoms with Gasteiger partial charge in [-0.1, -0.05) is 24.3 Å². The first kappa shape index (κ1) is 12.4. The van der Waals surface area contributed by atoms with Crippen LogP contribution in [0.2, 0.25) is 0 Å². The molecule has 0 atom stereocenters. The Hall–Kier alpha value is -2.63. The van der Waals surface area contributed by atoms with Gasteiger partial charge in [0.25, 0.3) is 11.3 Å². The van der Waals surface area contributed by atoms with E-state index >= 15 is 0 Å². The summed E-state index contributed by atoms with van der Waals surface area (Å²) in [5.41, 5.74) is 2.89. The minimum absolute atomic E-state index is 0.163. The number of hydrogen-bond donors (Lipinski definition) is 2. The summed E-state index contributed by atoms with van der Waals surface area (Å²) < 4.78 is 1.33. The third kappa shape index (κ3) is 2.27. The molecule has 0 radical (unpaired) electrons. The molecule has 3 rings (SSSR count). The lowest BCUT2D eigenvalue weighted by Crippen LogP contribution is -2.14. The van der Waals surface area contributed by atoms with Crippen LogP contribution in [0.25, 0.3) is 5.78 Å². The van der Waals surface area contributed by atoms with Crippen LogP contribution in [0.1, 0.15) is 16.8 Å². The number of anilines is 1. The summed E-state index contributed by atoms with van der Waals surface area (Å²) in [4.78, 5) is 20.2. The molecule has 0 spiro atoms. The van der Waals surface area contributed by atoms with E-state index in [0.717, 1.165) is 0 Å². The summed E-state index contributed by atoms with van der Waals surface area (Å²) in [6.07, 6.45) is 0. The summed E-state index contributed by atoms with van der Waals surface area (Å²) in [5.74, 6) is 0.908. The lowest BCUT2D eigenvalue weighted by molar-refractivity contribution is 0.886. The van der Waals surface area contributed by atoms with Gasteiger partial charge < -0.3 is 5.32 Å². The van der Waals surface area contributed by atoms with E-state index in [1.54, 1.807) is 6.92 Å². The fourth-order valence-electron chi connectivity index (χ4n) is 2.06. The van der Waals surface area contributed by atoms with E-state index in [1.807, 2.05) is 12.1 Å². The van der Waals surface area contributed by atoms with Crippen LogP contribution in [-0.2, 0) is 6.54 Å². The van der Waals surface area contributed by atoms with Gasteiger partial charge >= 0.3 is 0 Å². The summed E-state index contributed by atoms with van der Waals surface area (Å²) in [6.45, 7) is 4.47. The van der Waals surface area contributed by atoms with Gasteiger partial charge in [0.15, 0.2) is 0 Å². The van der Waals surface area contributed by atoms with Gasteiger partial charge in [-0.15, -0.1) is 0 Å². The number of rotatable bonds is 3. The summed E-state index contributed by atoms with van der Waals surface area (Å²) in [7, 11) is 0. The highest BCUT2D eigenvalue weighted by atomic mass is 16.1. The zero-order valence-electron chi connectivity index (χ0n) is 11.3. The topological polar surface area (TPSA) is 75.1 Å². The Balaban J connectivity index is 1.87. The molecule has 2 heterocycles. The van der Waals surface area contributed by atoms with E-state index in [4.69, 9.17) is 0 Å². The quantitative estimate of drug-likeness (QED) is 0.758. The maximum Gasteiger partial charge on any atom is 0.274 e. The predicted octanol–water partition coefficient (Wildman–Crippen LogP) is 1.65. The van der Waals surface area contributed by atoms with Gasteiger partial charge in [-0.3, -0.25) is 9.89 Å². The molecule has 6 nitrogen and oxygen atoms in total. The van der Waals surface area contributed by atoms with Crippen LogP contribution in [-0.4, -0.2) is 19.6 Å². The molecule has 0 unspecified atom stereocenters. The van der Waals surface area contributed by atoms with E-state index in [1.165, 1.54) is 21.7 Å². The number of fused-ring (bicyclic) bond motifs is 1. The third-order valence-corrected chi connectivity index (χ3v) is 3.17. The molecule has 2 aromatic heterocycles. The number of aromatic amines is 1. The van der Waals surface area contributed by atoms with Gasteiger partial charge in [0.2, 0.25) is 5.95 Å². The fraction of sp³-hybridized carbons (Fsp3) is 0.214. The average molecular weight is 269 g/mol. The van der Waals surface area contributed by atoms with Crippen LogP contribution < -0.4 is 10.9 Å². The molecule has 0 fully saturated rings. The van der Waals surface area contributed by atoms with Crippen molar-refractivity contribution in [2.24, 2.45) is 0 Å². The molecule has 6 heteroatoms. The molecular formula is C14H15N5O. The van der Waals surface area contributed by atoms with Gasteiger partial charge in [-0.25, -0.2) is 4.98 Å². The number of nitrogens with zero attached hydrogens (tertiary/aromatic N) is 3. The summed E-state index contributed by atoms with van der Waals surface area (Å²) in [6, 6.07) is 9.59. The first-order valence-electron chi connectivity index (χ1n) is 6.38. The van der Waals surface area contributed by atoms with Crippen LogP contribution in [0.5, 0.6) is 0 Å². The average Bonchev–Trinajstić information content (AvgIpc) is 2.81. The van der Waals surface area contributed by atoms with Crippen molar-refractivity contribution in [1.82, 2.24) is 19.6 Å². The van der Waals surface area contributed by atoms with Crippen LogP contribution >= 0.6 is 0 Å². The van der Waals surface area contributed by atoms with Crippen molar-refractivity contribution < 1.29 is 0 Å². The smallest absolute Gasteiger partial charge is 0.274 e. The van der Waals surface area contributed by atoms with Crippen molar-refractivity contribution in [1.29, 1.82) is 0 Å². The largest absolute Gasteiger partial charge is 0.351 e. The molecule has 0 aliphatic rings. The minimum atomic E-state index is -0.163. The first-order chi connectivity index (χ1) is 9.63. The number of nitrogens with one attached hydrogen (secondary N) is 2. The fourth-order valence-corrected chi connectivity index (χ4v) is 2.06. The van der Waals surface area contributed by atoms with Crippen molar-refractivity contribution in [2.75, 3.05) is 5.32 Å². The normalized spacial score (nSPS) is 10.9. The second-order valence-electron chi connectivity index (χ2n) is 4.72. The Kier molecular flexibility index (Phi) is 2.98. The summed E-state index contributed by atoms with van der Waals surface area (Å²) >= 11 is 0. The van der Waals surface area contributed by atoms with E-state index in [9.17, 15) is 4.79 Å². The maximum atomic E-state index is 11.8. The molecule has 0 saturated heterocycles. The van der Waals surface area contributed by atoms with Crippen LogP contribution in [0, 0.1) is 13.8 Å². The highest BCUT2D eigenvalue weighted by Gasteiger charge is 2.06. The Morgan fingerprint density at radius 1 is 1.25 bits per heavy atom.